The number of aromatic nitrogens is 5. The Bertz CT molecular complexity index is 1100. The van der Waals surface area contributed by atoms with Crippen LogP contribution in [0.25, 0.3) is 16.9 Å². The topological polar surface area (TPSA) is 92.6 Å². The average molecular weight is 442 g/mol. The van der Waals surface area contributed by atoms with Gasteiger partial charge in [-0.1, -0.05) is 0 Å². The fourth-order valence-corrected chi connectivity index (χ4v) is 4.20. The molecular formula is C21H27N7O2S. The molecule has 0 radical (unpaired) electrons. The van der Waals surface area contributed by atoms with Crippen molar-refractivity contribution in [1.29, 1.82) is 0 Å². The van der Waals surface area contributed by atoms with Crippen LogP contribution in [-0.4, -0.2) is 70.0 Å². The Morgan fingerprint density at radius 3 is 2.71 bits per heavy atom. The van der Waals surface area contributed by atoms with Gasteiger partial charge in [-0.25, -0.2) is 9.97 Å². The van der Waals surface area contributed by atoms with Gasteiger partial charge in [-0.15, -0.1) is 11.3 Å². The van der Waals surface area contributed by atoms with E-state index in [1.54, 1.807) is 31.8 Å². The van der Waals surface area contributed by atoms with Crippen molar-refractivity contribution in [2.24, 2.45) is 0 Å². The van der Waals surface area contributed by atoms with Gasteiger partial charge >= 0.3 is 0 Å². The number of nitrogens with one attached hydrogen (secondary N) is 2. The fraction of sp³-hybridized carbons (Fsp3) is 0.381. The van der Waals surface area contributed by atoms with E-state index in [2.05, 4.69) is 41.8 Å². The number of aromatic amines is 1. The smallest absolute Gasteiger partial charge is 0.180 e. The van der Waals surface area contributed by atoms with Gasteiger partial charge in [0, 0.05) is 51.8 Å². The van der Waals surface area contributed by atoms with E-state index in [-0.39, 0.29) is 0 Å². The maximum Gasteiger partial charge on any atom is 0.180 e. The lowest BCUT2D eigenvalue weighted by atomic mass is 10.3. The lowest BCUT2D eigenvalue weighted by Crippen LogP contribution is -2.30. The van der Waals surface area contributed by atoms with Crippen molar-refractivity contribution in [3.63, 3.8) is 0 Å². The molecule has 2 N–H and O–H groups in total. The third kappa shape index (κ3) is 5.10. The summed E-state index contributed by atoms with van der Waals surface area (Å²) in [7, 11) is 3.45. The molecule has 0 aliphatic rings. The highest BCUT2D eigenvalue weighted by atomic mass is 32.1. The Hall–Kier alpha value is -2.79. The normalized spacial score (nSPS) is 11.6. The van der Waals surface area contributed by atoms with E-state index >= 15 is 0 Å². The van der Waals surface area contributed by atoms with Crippen LogP contribution in [0.3, 0.4) is 0 Å². The van der Waals surface area contributed by atoms with E-state index in [0.29, 0.717) is 13.2 Å². The van der Waals surface area contributed by atoms with Gasteiger partial charge in [0.25, 0.3) is 0 Å². The van der Waals surface area contributed by atoms with Crippen LogP contribution in [0.2, 0.25) is 0 Å². The first-order valence-electron chi connectivity index (χ1n) is 10.1. The molecular weight excluding hydrogens is 414 g/mol. The Morgan fingerprint density at radius 2 is 2.00 bits per heavy atom. The number of aryl methyl sites for hydroxylation is 1. The van der Waals surface area contributed by atoms with E-state index < -0.39 is 0 Å². The summed E-state index contributed by atoms with van der Waals surface area (Å²) in [4.78, 5) is 11.6. The number of imidazole rings is 1. The van der Waals surface area contributed by atoms with Gasteiger partial charge in [-0.2, -0.15) is 5.10 Å². The van der Waals surface area contributed by atoms with Crippen LogP contribution in [0.5, 0.6) is 0 Å². The monoisotopic (exact) mass is 441 g/mol. The number of hydrogen-bond acceptors (Lipinski definition) is 8. The van der Waals surface area contributed by atoms with E-state index in [4.69, 9.17) is 9.47 Å². The van der Waals surface area contributed by atoms with Crippen molar-refractivity contribution < 1.29 is 9.47 Å². The summed E-state index contributed by atoms with van der Waals surface area (Å²) in [5, 5.41) is 13.6. The van der Waals surface area contributed by atoms with Crippen LogP contribution in [0.15, 0.2) is 36.2 Å². The van der Waals surface area contributed by atoms with Gasteiger partial charge in [-0.3, -0.25) is 14.4 Å². The third-order valence-corrected chi connectivity index (χ3v) is 5.83. The molecule has 4 heterocycles. The second kappa shape index (κ2) is 10.0. The van der Waals surface area contributed by atoms with Crippen LogP contribution in [0.1, 0.15) is 11.3 Å². The molecule has 10 heteroatoms. The van der Waals surface area contributed by atoms with Crippen molar-refractivity contribution in [3.05, 3.63) is 47.5 Å². The molecule has 164 valence electrons. The summed E-state index contributed by atoms with van der Waals surface area (Å²) in [6.45, 7) is 5.95. The number of fused-ring (bicyclic) bond motifs is 1. The molecule has 0 aromatic carbocycles. The molecule has 31 heavy (non-hydrogen) atoms. The second-order valence-electron chi connectivity index (χ2n) is 7.26. The van der Waals surface area contributed by atoms with Crippen LogP contribution in [-0.2, 0) is 16.0 Å². The number of nitrogens with zero attached hydrogens (tertiary/aromatic N) is 5. The number of hydrogen-bond donors (Lipinski definition) is 2. The lowest BCUT2D eigenvalue weighted by molar-refractivity contribution is 0.110. The summed E-state index contributed by atoms with van der Waals surface area (Å²) in [5.74, 6) is 0.735. The fourth-order valence-electron chi connectivity index (χ4n) is 3.41. The lowest BCUT2D eigenvalue weighted by Gasteiger charge is -2.20. The molecule has 0 atom stereocenters. The van der Waals surface area contributed by atoms with Gasteiger partial charge in [0.2, 0.25) is 0 Å². The minimum absolute atomic E-state index is 0.697. The molecule has 0 aliphatic carbocycles. The summed E-state index contributed by atoms with van der Waals surface area (Å²) < 4.78 is 12.5. The van der Waals surface area contributed by atoms with Crippen LogP contribution >= 0.6 is 11.3 Å². The largest absolute Gasteiger partial charge is 0.383 e. The minimum Gasteiger partial charge on any atom is -0.383 e. The van der Waals surface area contributed by atoms with Gasteiger partial charge in [-0.05, 0) is 23.9 Å². The molecule has 0 saturated carbocycles. The van der Waals surface area contributed by atoms with Crippen molar-refractivity contribution in [1.82, 2.24) is 29.5 Å². The Morgan fingerprint density at radius 1 is 1.19 bits per heavy atom. The second-order valence-corrected chi connectivity index (χ2v) is 8.17. The molecule has 4 aromatic heterocycles. The zero-order chi connectivity index (χ0) is 21.6. The summed E-state index contributed by atoms with van der Waals surface area (Å²) in [6.07, 6.45) is 7.47. The van der Waals surface area contributed by atoms with Crippen LogP contribution in [0, 0.1) is 6.92 Å². The Labute approximate surface area is 185 Å². The number of methoxy groups -OCH3 is 2. The van der Waals surface area contributed by atoms with E-state index in [1.165, 1.54) is 5.56 Å². The average Bonchev–Trinajstić information content (AvgIpc) is 3.50. The highest BCUT2D eigenvalue weighted by Crippen LogP contribution is 2.29. The molecule has 0 unspecified atom stereocenters. The maximum atomic E-state index is 5.24. The van der Waals surface area contributed by atoms with Gasteiger partial charge in [0.15, 0.2) is 11.5 Å². The highest BCUT2D eigenvalue weighted by molar-refractivity contribution is 7.14. The highest BCUT2D eigenvalue weighted by Gasteiger charge is 2.14. The zero-order valence-corrected chi connectivity index (χ0v) is 18.8. The maximum absolute atomic E-state index is 5.24. The molecule has 0 fully saturated rings. The molecule has 0 amide bonds. The summed E-state index contributed by atoms with van der Waals surface area (Å²) in [6, 6.07) is 2.16. The van der Waals surface area contributed by atoms with Crippen LogP contribution in [0.4, 0.5) is 10.8 Å². The molecule has 0 spiro atoms. The number of anilines is 2. The molecule has 0 aliphatic heterocycles. The molecule has 0 bridgehead atoms. The summed E-state index contributed by atoms with van der Waals surface area (Å²) >= 11 is 1.66. The Kier molecular flexibility index (Phi) is 6.92. The van der Waals surface area contributed by atoms with Gasteiger partial charge < -0.3 is 14.8 Å². The predicted octanol–water partition coefficient (Wildman–Crippen LogP) is 3.33. The SMILES string of the molecule is COCCN(CCOC)Cc1csc(Nc2nc(C)cn3c(-c4cn[nH]c4)cnc23)c1. The molecule has 4 aromatic rings. The zero-order valence-electron chi connectivity index (χ0n) is 18.0. The van der Waals surface area contributed by atoms with E-state index in [9.17, 15) is 0 Å². The third-order valence-electron chi connectivity index (χ3n) is 4.93. The first kappa shape index (κ1) is 21.4. The first-order valence-corrected chi connectivity index (χ1v) is 10.9. The quantitative estimate of drug-likeness (QED) is 0.369. The molecule has 4 rings (SSSR count). The van der Waals surface area contributed by atoms with E-state index in [0.717, 1.165) is 53.1 Å². The van der Waals surface area contributed by atoms with Crippen molar-refractivity contribution in [2.45, 2.75) is 13.5 Å². The summed E-state index contributed by atoms with van der Waals surface area (Å²) in [5.41, 5.74) is 4.87. The standard InChI is InChI=1S/C21H27N7O2S/c1-15-12-28-18(17-9-23-24-10-17)11-22-21(28)20(25-15)26-19-8-16(14-31-19)13-27(4-6-29-2)5-7-30-3/h8-12,14H,4-7,13H2,1-3H3,(H,23,24)(H,25,26). The van der Waals surface area contributed by atoms with Gasteiger partial charge in [0.1, 0.15) is 0 Å². The Balaban J connectivity index is 1.53. The van der Waals surface area contributed by atoms with Crippen molar-refractivity contribution >= 4 is 27.8 Å². The molecule has 0 saturated heterocycles. The first-order chi connectivity index (χ1) is 15.2. The number of H-pyrrole nitrogens is 1. The van der Waals surface area contributed by atoms with E-state index in [1.807, 2.05) is 29.9 Å². The van der Waals surface area contributed by atoms with Crippen molar-refractivity contribution in [3.8, 4) is 11.3 Å². The van der Waals surface area contributed by atoms with Gasteiger partial charge in [0.05, 0.1) is 42.0 Å². The minimum atomic E-state index is 0.697. The predicted molar refractivity (Wildman–Crippen MR) is 122 cm³/mol. The van der Waals surface area contributed by atoms with Crippen molar-refractivity contribution in [2.75, 3.05) is 45.8 Å². The number of thiophene rings is 1. The number of ether oxygens (including phenoxy) is 2. The van der Waals surface area contributed by atoms with Crippen LogP contribution < -0.4 is 5.32 Å². The number of rotatable bonds is 11. The molecule has 9 nitrogen and oxygen atoms in total.